The largest absolute Gasteiger partial charge is 0.483 e. The van der Waals surface area contributed by atoms with Crippen molar-refractivity contribution in [3.05, 3.63) is 42.1 Å². The van der Waals surface area contributed by atoms with Crippen LogP contribution < -0.4 is 0 Å². The molecule has 1 aromatic carbocycles. The van der Waals surface area contributed by atoms with Gasteiger partial charge in [-0.05, 0) is 19.1 Å². The van der Waals surface area contributed by atoms with Crippen molar-refractivity contribution in [2.75, 3.05) is 6.61 Å². The summed E-state index contributed by atoms with van der Waals surface area (Å²) >= 11 is 0. The molecule has 1 aromatic heterocycles. The van der Waals surface area contributed by atoms with E-state index >= 15 is 0 Å². The minimum atomic E-state index is 0.412. The van der Waals surface area contributed by atoms with E-state index in [1.165, 1.54) is 12.6 Å². The Hall–Kier alpha value is -2.61. The van der Waals surface area contributed by atoms with E-state index in [-0.39, 0.29) is 0 Å². The van der Waals surface area contributed by atoms with Crippen LogP contribution in [-0.2, 0) is 4.74 Å². The van der Waals surface area contributed by atoms with Gasteiger partial charge in [-0.1, -0.05) is 18.2 Å². The van der Waals surface area contributed by atoms with Gasteiger partial charge in [0.1, 0.15) is 11.6 Å². The topological polar surface area (TPSA) is 63.2 Å². The Kier molecular flexibility index (Phi) is 3.72. The quantitative estimate of drug-likeness (QED) is 0.609. The Morgan fingerprint density at radius 1 is 1.44 bits per heavy atom. The van der Waals surface area contributed by atoms with E-state index in [1.807, 2.05) is 37.3 Å². The summed E-state index contributed by atoms with van der Waals surface area (Å²) < 4.78 is 6.66. The van der Waals surface area contributed by atoms with E-state index in [2.05, 4.69) is 16.2 Å². The Balaban J connectivity index is 2.43. The minimum absolute atomic E-state index is 0.412. The molecule has 0 aliphatic rings. The predicted octanol–water partition coefficient (Wildman–Crippen LogP) is 2.44. The number of ether oxygens (including phenoxy) is 1. The lowest BCUT2D eigenvalue weighted by Gasteiger charge is -2.03. The van der Waals surface area contributed by atoms with Crippen LogP contribution in [0.1, 0.15) is 12.5 Å². The number of nitriles is 1. The van der Waals surface area contributed by atoms with E-state index in [9.17, 15) is 0 Å². The average Bonchev–Trinajstić information content (AvgIpc) is 2.83. The fourth-order valence-corrected chi connectivity index (χ4v) is 1.46. The summed E-state index contributed by atoms with van der Waals surface area (Å²) in [6, 6.07) is 11.6. The molecule has 90 valence electrons. The average molecular weight is 240 g/mol. The molecule has 0 aliphatic carbocycles. The Morgan fingerprint density at radius 2 is 2.22 bits per heavy atom. The summed E-state index contributed by atoms with van der Waals surface area (Å²) in [7, 11) is 0. The first kappa shape index (κ1) is 11.9. The zero-order chi connectivity index (χ0) is 12.8. The van der Waals surface area contributed by atoms with Gasteiger partial charge in [-0.3, -0.25) is 0 Å². The molecular weight excluding hydrogens is 228 g/mol. The van der Waals surface area contributed by atoms with Crippen molar-refractivity contribution in [1.29, 1.82) is 5.26 Å². The maximum atomic E-state index is 9.02. The minimum Gasteiger partial charge on any atom is -0.483 e. The molecule has 0 N–H and O–H groups in total. The molecular formula is C13H12N4O. The highest BCUT2D eigenvalue weighted by atomic mass is 16.5. The molecule has 5 nitrogen and oxygen atoms in total. The second kappa shape index (κ2) is 5.64. The third-order valence-corrected chi connectivity index (χ3v) is 2.28. The van der Waals surface area contributed by atoms with E-state index < -0.39 is 0 Å². The number of benzene rings is 1. The van der Waals surface area contributed by atoms with Crippen molar-refractivity contribution in [3.8, 4) is 11.8 Å². The van der Waals surface area contributed by atoms with Gasteiger partial charge < -0.3 is 4.74 Å². The fraction of sp³-hybridized carbons (Fsp3) is 0.154. The maximum Gasteiger partial charge on any atom is 0.176 e. The molecule has 2 rings (SSSR count). The summed E-state index contributed by atoms with van der Waals surface area (Å²) in [5.41, 5.74) is 1.26. The summed E-state index contributed by atoms with van der Waals surface area (Å²) in [5.74, 6) is 0.470. The monoisotopic (exact) mass is 240 g/mol. The van der Waals surface area contributed by atoms with Crippen LogP contribution in [0, 0.1) is 11.3 Å². The van der Waals surface area contributed by atoms with E-state index in [0.717, 1.165) is 5.69 Å². The number of rotatable bonds is 4. The van der Waals surface area contributed by atoms with Crippen LogP contribution in [0.3, 0.4) is 0 Å². The standard InChI is InChI=1S/C13H12N4O/c1-2-18-10-15-13-11(8-14)9-16-17(13)12-6-4-3-5-7-12/h3-7,9-10H,2H2,1H3/b15-10+. The summed E-state index contributed by atoms with van der Waals surface area (Å²) in [6.45, 7) is 2.40. The number of hydrogen-bond acceptors (Lipinski definition) is 4. The molecule has 18 heavy (non-hydrogen) atoms. The third kappa shape index (κ3) is 2.38. The molecule has 0 saturated heterocycles. The van der Waals surface area contributed by atoms with E-state index in [0.29, 0.717) is 18.0 Å². The van der Waals surface area contributed by atoms with Gasteiger partial charge in [0.25, 0.3) is 0 Å². The maximum absolute atomic E-state index is 9.02. The van der Waals surface area contributed by atoms with Crippen LogP contribution in [-0.4, -0.2) is 22.8 Å². The van der Waals surface area contributed by atoms with E-state index in [1.54, 1.807) is 4.68 Å². The van der Waals surface area contributed by atoms with Crippen LogP contribution in [0.25, 0.3) is 5.69 Å². The molecule has 0 spiro atoms. The van der Waals surface area contributed by atoms with Gasteiger partial charge in [-0.25, -0.2) is 4.68 Å². The zero-order valence-corrected chi connectivity index (χ0v) is 9.95. The lowest BCUT2D eigenvalue weighted by molar-refractivity contribution is 0.343. The molecule has 0 saturated carbocycles. The van der Waals surface area contributed by atoms with Gasteiger partial charge in [0.15, 0.2) is 12.2 Å². The zero-order valence-electron chi connectivity index (χ0n) is 9.95. The van der Waals surface area contributed by atoms with Crippen molar-refractivity contribution in [3.63, 3.8) is 0 Å². The first-order valence-electron chi connectivity index (χ1n) is 5.54. The lowest BCUT2D eigenvalue weighted by Crippen LogP contribution is -1.96. The van der Waals surface area contributed by atoms with Crippen LogP contribution in [0.5, 0.6) is 0 Å². The highest BCUT2D eigenvalue weighted by molar-refractivity contribution is 5.60. The van der Waals surface area contributed by atoms with Crippen molar-refractivity contribution in [2.45, 2.75) is 6.92 Å². The molecule has 1 heterocycles. The molecule has 0 unspecified atom stereocenters. The second-order valence-corrected chi connectivity index (χ2v) is 3.43. The predicted molar refractivity (Wildman–Crippen MR) is 68.1 cm³/mol. The molecule has 0 aliphatic heterocycles. The molecule has 0 bridgehead atoms. The molecule has 2 aromatic rings. The van der Waals surface area contributed by atoms with Crippen LogP contribution >= 0.6 is 0 Å². The highest BCUT2D eigenvalue weighted by Crippen LogP contribution is 2.21. The smallest absolute Gasteiger partial charge is 0.176 e. The SMILES string of the molecule is CCO/C=N/c1c(C#N)cnn1-c1ccccc1. The summed E-state index contributed by atoms with van der Waals surface area (Å²) in [5, 5.41) is 13.2. The third-order valence-electron chi connectivity index (χ3n) is 2.28. The molecule has 0 atom stereocenters. The molecule has 5 heteroatoms. The van der Waals surface area contributed by atoms with Crippen LogP contribution in [0.15, 0.2) is 41.5 Å². The summed E-state index contributed by atoms with van der Waals surface area (Å²) in [6.07, 6.45) is 2.82. The van der Waals surface area contributed by atoms with Crippen LogP contribution in [0.4, 0.5) is 5.82 Å². The number of nitrogens with zero attached hydrogens (tertiary/aromatic N) is 4. The molecule has 0 fully saturated rings. The highest BCUT2D eigenvalue weighted by Gasteiger charge is 2.10. The number of para-hydroxylation sites is 1. The first-order chi connectivity index (χ1) is 8.86. The van der Waals surface area contributed by atoms with Crippen LogP contribution in [0.2, 0.25) is 0 Å². The van der Waals surface area contributed by atoms with Gasteiger partial charge in [-0.2, -0.15) is 15.4 Å². The molecule has 0 radical (unpaired) electrons. The number of aliphatic imine (C=N–C) groups is 1. The second-order valence-electron chi connectivity index (χ2n) is 3.43. The Labute approximate surface area is 105 Å². The fourth-order valence-electron chi connectivity index (χ4n) is 1.46. The van der Waals surface area contributed by atoms with Gasteiger partial charge in [0.2, 0.25) is 0 Å². The van der Waals surface area contributed by atoms with Crippen molar-refractivity contribution < 1.29 is 4.74 Å². The van der Waals surface area contributed by atoms with Gasteiger partial charge in [0.05, 0.1) is 18.5 Å². The van der Waals surface area contributed by atoms with Crippen molar-refractivity contribution in [2.24, 2.45) is 4.99 Å². The number of aromatic nitrogens is 2. The first-order valence-corrected chi connectivity index (χ1v) is 5.54. The Morgan fingerprint density at radius 3 is 2.89 bits per heavy atom. The Bertz CT molecular complexity index is 581. The molecule has 0 amide bonds. The van der Waals surface area contributed by atoms with Gasteiger partial charge in [-0.15, -0.1) is 0 Å². The number of hydrogen-bond donors (Lipinski definition) is 0. The van der Waals surface area contributed by atoms with Gasteiger partial charge in [0, 0.05) is 0 Å². The van der Waals surface area contributed by atoms with E-state index in [4.69, 9.17) is 10.00 Å². The van der Waals surface area contributed by atoms with Gasteiger partial charge >= 0.3 is 0 Å². The summed E-state index contributed by atoms with van der Waals surface area (Å²) in [4.78, 5) is 4.13. The lowest BCUT2D eigenvalue weighted by atomic mass is 10.3. The van der Waals surface area contributed by atoms with Crippen molar-refractivity contribution >= 4 is 12.2 Å². The normalized spacial score (nSPS) is 10.4. The van der Waals surface area contributed by atoms with Crippen molar-refractivity contribution in [1.82, 2.24) is 9.78 Å².